The topological polar surface area (TPSA) is 19.0 Å². The van der Waals surface area contributed by atoms with Crippen molar-refractivity contribution in [2.75, 3.05) is 13.6 Å². The van der Waals surface area contributed by atoms with Gasteiger partial charge in [-0.25, -0.2) is 0 Å². The molecule has 0 aliphatic carbocycles. The summed E-state index contributed by atoms with van der Waals surface area (Å²) in [5, 5.41) is 1.28. The Kier molecular flexibility index (Phi) is 2.64. The molecule has 0 atom stereocenters. The van der Waals surface area contributed by atoms with Gasteiger partial charge in [0.1, 0.15) is 0 Å². The average Bonchev–Trinajstić information content (AvgIpc) is 2.93. The Morgan fingerprint density at radius 2 is 1.80 bits per heavy atom. The maximum atomic E-state index is 3.25. The molecule has 20 heavy (non-hydrogen) atoms. The van der Waals surface area contributed by atoms with Crippen LogP contribution < -0.4 is 0 Å². The fourth-order valence-corrected chi connectivity index (χ4v) is 3.11. The van der Waals surface area contributed by atoms with E-state index in [1.807, 2.05) is 6.20 Å². The van der Waals surface area contributed by atoms with Crippen LogP contribution in [0.5, 0.6) is 0 Å². The highest BCUT2D eigenvalue weighted by atomic mass is 15.1. The average molecular weight is 262 g/mol. The zero-order chi connectivity index (χ0) is 13.5. The molecule has 2 heterocycles. The maximum absolute atomic E-state index is 3.25. The molecule has 0 amide bonds. The van der Waals surface area contributed by atoms with E-state index in [4.69, 9.17) is 0 Å². The molecule has 0 saturated heterocycles. The highest BCUT2D eigenvalue weighted by Gasteiger charge is 2.13. The molecule has 3 aromatic rings. The number of likely N-dealkylation sites (N-methyl/N-ethyl adjacent to an activating group) is 1. The van der Waals surface area contributed by atoms with Gasteiger partial charge < -0.3 is 9.88 Å². The number of nitrogens with one attached hydrogen (secondary N) is 1. The van der Waals surface area contributed by atoms with Crippen LogP contribution in [0.3, 0.4) is 0 Å². The molecule has 4 rings (SSSR count). The third-order valence-corrected chi connectivity index (χ3v) is 4.30. The van der Waals surface area contributed by atoms with Gasteiger partial charge in [-0.05, 0) is 65.4 Å². The Bertz CT molecular complexity index is 770. The van der Waals surface area contributed by atoms with Gasteiger partial charge in [0.25, 0.3) is 0 Å². The Balaban J connectivity index is 1.79. The van der Waals surface area contributed by atoms with Crippen molar-refractivity contribution < 1.29 is 0 Å². The summed E-state index contributed by atoms with van der Waals surface area (Å²) in [7, 11) is 2.20. The highest BCUT2D eigenvalue weighted by Crippen LogP contribution is 2.28. The number of H-pyrrole nitrogens is 1. The smallest absolute Gasteiger partial charge is 0.0454 e. The van der Waals surface area contributed by atoms with E-state index < -0.39 is 0 Å². The number of rotatable bonds is 1. The van der Waals surface area contributed by atoms with Crippen LogP contribution in [0.25, 0.3) is 22.0 Å². The summed E-state index contributed by atoms with van der Waals surface area (Å²) in [6.07, 6.45) is 3.17. The number of hydrogen-bond acceptors (Lipinski definition) is 1. The largest absolute Gasteiger partial charge is 0.361 e. The van der Waals surface area contributed by atoms with Gasteiger partial charge in [0.05, 0.1) is 0 Å². The van der Waals surface area contributed by atoms with E-state index in [-0.39, 0.29) is 0 Å². The number of nitrogens with zero attached hydrogens (tertiary/aromatic N) is 1. The molecule has 0 saturated carbocycles. The van der Waals surface area contributed by atoms with Crippen LogP contribution in [0.15, 0.2) is 48.7 Å². The minimum Gasteiger partial charge on any atom is -0.361 e. The highest BCUT2D eigenvalue weighted by molar-refractivity contribution is 5.85. The first-order valence-electron chi connectivity index (χ1n) is 7.17. The molecule has 1 N–H and O–H groups in total. The van der Waals surface area contributed by atoms with Gasteiger partial charge in [-0.3, -0.25) is 0 Å². The summed E-state index contributed by atoms with van der Waals surface area (Å²) in [4.78, 5) is 5.64. The SMILES string of the molecule is CN1CCc2ccc(-c3ccc4[nH]ccc4c3)cc2C1. The maximum Gasteiger partial charge on any atom is 0.0454 e. The van der Waals surface area contributed by atoms with Crippen molar-refractivity contribution in [2.45, 2.75) is 13.0 Å². The van der Waals surface area contributed by atoms with E-state index in [1.54, 1.807) is 0 Å². The molecule has 1 aromatic heterocycles. The quantitative estimate of drug-likeness (QED) is 0.706. The number of benzene rings is 2. The van der Waals surface area contributed by atoms with Crippen molar-refractivity contribution in [2.24, 2.45) is 0 Å². The molecular weight excluding hydrogens is 244 g/mol. The van der Waals surface area contributed by atoms with E-state index in [9.17, 15) is 0 Å². The molecule has 2 aromatic carbocycles. The Labute approximate surface area is 119 Å². The lowest BCUT2D eigenvalue weighted by molar-refractivity contribution is 0.313. The van der Waals surface area contributed by atoms with Crippen LogP contribution >= 0.6 is 0 Å². The summed E-state index contributed by atoms with van der Waals surface area (Å²) in [6.45, 7) is 2.23. The Morgan fingerprint density at radius 1 is 0.950 bits per heavy atom. The van der Waals surface area contributed by atoms with Gasteiger partial charge in [0.2, 0.25) is 0 Å². The summed E-state index contributed by atoms with van der Waals surface area (Å²) in [5.74, 6) is 0. The van der Waals surface area contributed by atoms with Crippen LogP contribution in [0, 0.1) is 0 Å². The first kappa shape index (κ1) is 11.7. The van der Waals surface area contributed by atoms with Gasteiger partial charge >= 0.3 is 0 Å². The van der Waals surface area contributed by atoms with Crippen LogP contribution in [-0.2, 0) is 13.0 Å². The lowest BCUT2D eigenvalue weighted by Crippen LogP contribution is -2.26. The monoisotopic (exact) mass is 262 g/mol. The van der Waals surface area contributed by atoms with E-state index in [0.29, 0.717) is 0 Å². The summed E-state index contributed by atoms with van der Waals surface area (Å²) >= 11 is 0. The summed E-state index contributed by atoms with van der Waals surface area (Å²) < 4.78 is 0. The lowest BCUT2D eigenvalue weighted by Gasteiger charge is -2.25. The van der Waals surface area contributed by atoms with Crippen LogP contribution in [-0.4, -0.2) is 23.5 Å². The number of aromatic nitrogens is 1. The molecule has 2 heteroatoms. The zero-order valence-electron chi connectivity index (χ0n) is 11.7. The minimum absolute atomic E-state index is 1.07. The fraction of sp³-hybridized carbons (Fsp3) is 0.222. The lowest BCUT2D eigenvalue weighted by atomic mass is 9.94. The van der Waals surface area contributed by atoms with Gasteiger partial charge in [-0.1, -0.05) is 18.2 Å². The van der Waals surface area contributed by atoms with Crippen molar-refractivity contribution in [1.82, 2.24) is 9.88 Å². The first-order chi connectivity index (χ1) is 9.79. The third kappa shape index (κ3) is 1.93. The van der Waals surface area contributed by atoms with E-state index in [2.05, 4.69) is 59.4 Å². The van der Waals surface area contributed by atoms with Crippen LogP contribution in [0.2, 0.25) is 0 Å². The van der Waals surface area contributed by atoms with Crippen LogP contribution in [0.4, 0.5) is 0 Å². The second-order valence-electron chi connectivity index (χ2n) is 5.75. The van der Waals surface area contributed by atoms with Gasteiger partial charge in [0.15, 0.2) is 0 Å². The molecule has 0 radical (unpaired) electrons. The predicted octanol–water partition coefficient (Wildman–Crippen LogP) is 3.82. The van der Waals surface area contributed by atoms with Crippen molar-refractivity contribution in [3.63, 3.8) is 0 Å². The minimum atomic E-state index is 1.07. The van der Waals surface area contributed by atoms with E-state index in [1.165, 1.54) is 46.1 Å². The molecule has 1 aliphatic rings. The van der Waals surface area contributed by atoms with Crippen molar-refractivity contribution >= 4 is 10.9 Å². The second-order valence-corrected chi connectivity index (χ2v) is 5.75. The van der Waals surface area contributed by atoms with Gasteiger partial charge in [-0.2, -0.15) is 0 Å². The van der Waals surface area contributed by atoms with Gasteiger partial charge in [-0.15, -0.1) is 0 Å². The zero-order valence-corrected chi connectivity index (χ0v) is 11.7. The Morgan fingerprint density at radius 3 is 2.75 bits per heavy atom. The molecule has 0 bridgehead atoms. The van der Waals surface area contributed by atoms with Crippen molar-refractivity contribution in [3.8, 4) is 11.1 Å². The molecule has 100 valence electrons. The standard InChI is InChI=1S/C18H18N2/c1-20-9-7-13-2-3-14(11-17(13)12-20)15-4-5-18-16(10-15)6-8-19-18/h2-6,8,10-11,19H,7,9,12H2,1H3. The Hall–Kier alpha value is -2.06. The summed E-state index contributed by atoms with van der Waals surface area (Å²) in [6, 6.07) is 15.7. The summed E-state index contributed by atoms with van der Waals surface area (Å²) in [5.41, 5.74) is 6.81. The molecule has 0 spiro atoms. The molecular formula is C18H18N2. The predicted molar refractivity (Wildman–Crippen MR) is 83.8 cm³/mol. The van der Waals surface area contributed by atoms with Crippen LogP contribution in [0.1, 0.15) is 11.1 Å². The number of fused-ring (bicyclic) bond motifs is 2. The molecule has 0 fully saturated rings. The van der Waals surface area contributed by atoms with E-state index >= 15 is 0 Å². The number of hydrogen-bond donors (Lipinski definition) is 1. The van der Waals surface area contributed by atoms with Crippen molar-refractivity contribution in [3.05, 3.63) is 59.8 Å². The number of aromatic amines is 1. The second kappa shape index (κ2) is 4.50. The van der Waals surface area contributed by atoms with Crippen molar-refractivity contribution in [1.29, 1.82) is 0 Å². The third-order valence-electron chi connectivity index (χ3n) is 4.30. The molecule has 1 aliphatic heterocycles. The van der Waals surface area contributed by atoms with Gasteiger partial charge in [0, 0.05) is 24.8 Å². The normalized spacial score (nSPS) is 15.4. The molecule has 0 unspecified atom stereocenters. The fourth-order valence-electron chi connectivity index (χ4n) is 3.11. The first-order valence-corrected chi connectivity index (χ1v) is 7.17. The molecule has 2 nitrogen and oxygen atoms in total. The van der Waals surface area contributed by atoms with E-state index in [0.717, 1.165) is 6.54 Å².